The zero-order chi connectivity index (χ0) is 17.9. The van der Waals surface area contributed by atoms with E-state index in [1.807, 2.05) is 36.4 Å². The summed E-state index contributed by atoms with van der Waals surface area (Å²) in [6, 6.07) is 11.6. The Bertz CT molecular complexity index is 603. The third kappa shape index (κ3) is 6.48. The summed E-state index contributed by atoms with van der Waals surface area (Å²) in [5.41, 5.74) is 3.07. The third-order valence-electron chi connectivity index (χ3n) is 4.21. The molecule has 25 heavy (non-hydrogen) atoms. The Labute approximate surface area is 150 Å². The van der Waals surface area contributed by atoms with E-state index in [9.17, 15) is 10.2 Å². The largest absolute Gasteiger partial charge is 0.494 e. The van der Waals surface area contributed by atoms with Gasteiger partial charge >= 0.3 is 0 Å². The lowest BCUT2D eigenvalue weighted by molar-refractivity contribution is 0.265. The maximum absolute atomic E-state index is 9.30. The van der Waals surface area contributed by atoms with Gasteiger partial charge in [-0.15, -0.1) is 0 Å². The first-order valence-corrected chi connectivity index (χ1v) is 9.21. The zero-order valence-electron chi connectivity index (χ0n) is 15.1. The Morgan fingerprint density at radius 3 is 2.00 bits per heavy atom. The molecule has 0 fully saturated rings. The summed E-state index contributed by atoms with van der Waals surface area (Å²) < 4.78 is 5.80. The van der Waals surface area contributed by atoms with Crippen LogP contribution in [0.15, 0.2) is 36.4 Å². The molecule has 1 aromatic carbocycles. The molecule has 1 heterocycles. The smallest absolute Gasteiger partial charge is 0.119 e. The van der Waals surface area contributed by atoms with Crippen molar-refractivity contribution in [3.05, 3.63) is 47.8 Å². The van der Waals surface area contributed by atoms with Gasteiger partial charge in [-0.1, -0.05) is 51.2 Å². The van der Waals surface area contributed by atoms with Crippen molar-refractivity contribution in [1.82, 2.24) is 4.98 Å². The Morgan fingerprint density at radius 1 is 0.800 bits per heavy atom. The number of hydrogen-bond acceptors (Lipinski definition) is 4. The highest BCUT2D eigenvalue weighted by Gasteiger charge is 2.05. The molecule has 2 N–H and O–H groups in total. The highest BCUT2D eigenvalue weighted by molar-refractivity contribution is 5.64. The number of benzene rings is 1. The van der Waals surface area contributed by atoms with Crippen LogP contribution in [-0.2, 0) is 13.2 Å². The number of unbranched alkanes of at least 4 members (excludes halogenated alkanes) is 5. The molecule has 0 unspecified atom stereocenters. The fraction of sp³-hybridized carbons (Fsp3) is 0.476. The van der Waals surface area contributed by atoms with E-state index < -0.39 is 0 Å². The molecule has 2 aromatic rings. The van der Waals surface area contributed by atoms with Crippen molar-refractivity contribution < 1.29 is 14.9 Å². The van der Waals surface area contributed by atoms with Gasteiger partial charge in [0.2, 0.25) is 0 Å². The SMILES string of the molecule is CCCCCCCCOc1ccc(-c2cc(CO)nc(CO)c2)cc1. The fourth-order valence-electron chi connectivity index (χ4n) is 2.79. The van der Waals surface area contributed by atoms with Gasteiger partial charge in [-0.2, -0.15) is 0 Å². The van der Waals surface area contributed by atoms with Crippen molar-refractivity contribution in [1.29, 1.82) is 0 Å². The number of pyridine rings is 1. The van der Waals surface area contributed by atoms with Crippen molar-refractivity contribution in [2.75, 3.05) is 6.61 Å². The fourth-order valence-corrected chi connectivity index (χ4v) is 2.79. The quantitative estimate of drug-likeness (QED) is 0.591. The molecule has 0 radical (unpaired) electrons. The Morgan fingerprint density at radius 2 is 1.40 bits per heavy atom. The first-order valence-electron chi connectivity index (χ1n) is 9.21. The molecule has 2 rings (SSSR count). The van der Waals surface area contributed by atoms with Crippen LogP contribution in [0, 0.1) is 0 Å². The lowest BCUT2D eigenvalue weighted by Gasteiger charge is -2.09. The minimum absolute atomic E-state index is 0.139. The summed E-state index contributed by atoms with van der Waals surface area (Å²) in [5, 5.41) is 18.6. The number of nitrogens with zero attached hydrogens (tertiary/aromatic N) is 1. The minimum atomic E-state index is -0.139. The Balaban J connectivity index is 1.87. The number of ether oxygens (including phenoxy) is 1. The molecule has 0 amide bonds. The second-order valence-electron chi connectivity index (χ2n) is 6.30. The monoisotopic (exact) mass is 343 g/mol. The van der Waals surface area contributed by atoms with E-state index >= 15 is 0 Å². The van der Waals surface area contributed by atoms with Crippen molar-refractivity contribution >= 4 is 0 Å². The van der Waals surface area contributed by atoms with Crippen molar-refractivity contribution in [3.63, 3.8) is 0 Å². The first-order chi connectivity index (χ1) is 12.3. The van der Waals surface area contributed by atoms with Crippen LogP contribution in [-0.4, -0.2) is 21.8 Å². The van der Waals surface area contributed by atoms with E-state index in [-0.39, 0.29) is 13.2 Å². The number of aliphatic hydroxyl groups excluding tert-OH is 2. The zero-order valence-corrected chi connectivity index (χ0v) is 15.1. The molecule has 0 saturated carbocycles. The molecule has 0 atom stereocenters. The van der Waals surface area contributed by atoms with Crippen LogP contribution in [0.25, 0.3) is 11.1 Å². The maximum Gasteiger partial charge on any atom is 0.119 e. The first kappa shape index (κ1) is 19.4. The van der Waals surface area contributed by atoms with E-state index in [2.05, 4.69) is 11.9 Å². The van der Waals surface area contributed by atoms with Gasteiger partial charge in [-0.05, 0) is 41.8 Å². The standard InChI is InChI=1S/C21H29NO3/c1-2-3-4-5-6-7-12-25-21-10-8-17(9-11-21)18-13-19(15-23)22-20(14-18)16-24/h8-11,13-14,23-24H,2-7,12,15-16H2,1H3. The van der Waals surface area contributed by atoms with Crippen LogP contribution in [0.1, 0.15) is 56.8 Å². The van der Waals surface area contributed by atoms with Crippen LogP contribution in [0.3, 0.4) is 0 Å². The molecule has 0 bridgehead atoms. The normalized spacial score (nSPS) is 10.8. The predicted octanol–water partition coefficient (Wildman–Crippen LogP) is 4.47. The van der Waals surface area contributed by atoms with Gasteiger partial charge in [-0.3, -0.25) is 4.98 Å². The van der Waals surface area contributed by atoms with Crippen LogP contribution < -0.4 is 4.74 Å². The summed E-state index contributed by atoms with van der Waals surface area (Å²) in [4.78, 5) is 4.17. The van der Waals surface area contributed by atoms with E-state index in [1.54, 1.807) is 0 Å². The average molecular weight is 343 g/mol. The van der Waals surface area contributed by atoms with Crippen LogP contribution in [0.4, 0.5) is 0 Å². The Hall–Kier alpha value is -1.91. The van der Waals surface area contributed by atoms with Gasteiger partial charge in [0.1, 0.15) is 5.75 Å². The van der Waals surface area contributed by atoms with Gasteiger partial charge < -0.3 is 14.9 Å². The summed E-state index contributed by atoms with van der Waals surface area (Å²) in [6.07, 6.45) is 7.53. The second kappa shape index (κ2) is 10.9. The minimum Gasteiger partial charge on any atom is -0.494 e. The summed E-state index contributed by atoms with van der Waals surface area (Å²) >= 11 is 0. The molecule has 0 aliphatic rings. The van der Waals surface area contributed by atoms with Gasteiger partial charge in [0.05, 0.1) is 31.2 Å². The number of hydrogen-bond donors (Lipinski definition) is 2. The summed E-state index contributed by atoms with van der Waals surface area (Å²) in [7, 11) is 0. The summed E-state index contributed by atoms with van der Waals surface area (Å²) in [5.74, 6) is 0.871. The lowest BCUT2D eigenvalue weighted by atomic mass is 10.0. The Kier molecular flexibility index (Phi) is 8.43. The van der Waals surface area contributed by atoms with Gasteiger partial charge in [0.15, 0.2) is 0 Å². The molecule has 1 aromatic heterocycles. The van der Waals surface area contributed by atoms with Gasteiger partial charge in [0, 0.05) is 0 Å². The van der Waals surface area contributed by atoms with Crippen LogP contribution in [0.2, 0.25) is 0 Å². The predicted molar refractivity (Wildman–Crippen MR) is 100 cm³/mol. The topological polar surface area (TPSA) is 62.6 Å². The molecule has 4 nitrogen and oxygen atoms in total. The molecule has 0 saturated heterocycles. The highest BCUT2D eigenvalue weighted by atomic mass is 16.5. The van der Waals surface area contributed by atoms with Crippen molar-refractivity contribution in [2.45, 2.75) is 58.7 Å². The molecule has 0 aliphatic carbocycles. The molecule has 4 heteroatoms. The lowest BCUT2D eigenvalue weighted by Crippen LogP contribution is -1.98. The van der Waals surface area contributed by atoms with Crippen LogP contribution in [0.5, 0.6) is 5.75 Å². The van der Waals surface area contributed by atoms with E-state index in [4.69, 9.17) is 4.74 Å². The molecule has 0 spiro atoms. The summed E-state index contributed by atoms with van der Waals surface area (Å²) in [6.45, 7) is 2.71. The number of rotatable bonds is 11. The van der Waals surface area contributed by atoms with E-state index in [0.717, 1.165) is 29.9 Å². The maximum atomic E-state index is 9.30. The molecule has 136 valence electrons. The number of aliphatic hydroxyl groups is 2. The number of aromatic nitrogens is 1. The molecule has 0 aliphatic heterocycles. The van der Waals surface area contributed by atoms with E-state index in [1.165, 1.54) is 32.1 Å². The molecular formula is C21H29NO3. The second-order valence-corrected chi connectivity index (χ2v) is 6.30. The van der Waals surface area contributed by atoms with Crippen molar-refractivity contribution in [3.8, 4) is 16.9 Å². The average Bonchev–Trinajstić information content (AvgIpc) is 2.67. The van der Waals surface area contributed by atoms with Gasteiger partial charge in [0.25, 0.3) is 0 Å². The van der Waals surface area contributed by atoms with Gasteiger partial charge in [-0.25, -0.2) is 0 Å². The van der Waals surface area contributed by atoms with Crippen LogP contribution >= 0.6 is 0 Å². The highest BCUT2D eigenvalue weighted by Crippen LogP contribution is 2.24. The van der Waals surface area contributed by atoms with Crippen molar-refractivity contribution in [2.24, 2.45) is 0 Å². The third-order valence-corrected chi connectivity index (χ3v) is 4.21. The molecular weight excluding hydrogens is 314 g/mol. The van der Waals surface area contributed by atoms with E-state index in [0.29, 0.717) is 11.4 Å².